The van der Waals surface area contributed by atoms with E-state index in [1.807, 2.05) is 42.5 Å². The molecule has 0 aliphatic carbocycles. The van der Waals surface area contributed by atoms with Crippen LogP contribution in [0.3, 0.4) is 0 Å². The van der Waals surface area contributed by atoms with Crippen LogP contribution in [0.2, 0.25) is 0 Å². The molecule has 138 valence electrons. The second-order valence-corrected chi connectivity index (χ2v) is 7.09. The number of carbonyl (C=O) groups excluding carboxylic acids is 2. The normalized spacial score (nSPS) is 10.6. The lowest BCUT2D eigenvalue weighted by Gasteiger charge is -2.11. The van der Waals surface area contributed by atoms with E-state index >= 15 is 0 Å². The van der Waals surface area contributed by atoms with Crippen LogP contribution >= 0.6 is 11.3 Å². The van der Waals surface area contributed by atoms with Crippen LogP contribution in [0.15, 0.2) is 78.3 Å². The van der Waals surface area contributed by atoms with Crippen LogP contribution < -0.4 is 10.6 Å². The van der Waals surface area contributed by atoms with Crippen LogP contribution in [-0.4, -0.2) is 16.8 Å². The van der Waals surface area contributed by atoms with Crippen molar-refractivity contribution in [2.45, 2.75) is 6.42 Å². The predicted molar refractivity (Wildman–Crippen MR) is 113 cm³/mol. The Balaban J connectivity index is 1.52. The highest BCUT2D eigenvalue weighted by Crippen LogP contribution is 2.21. The molecular weight excluding hydrogens is 370 g/mol. The van der Waals surface area contributed by atoms with E-state index in [4.69, 9.17) is 0 Å². The van der Waals surface area contributed by atoms with Crippen molar-refractivity contribution in [2.24, 2.45) is 0 Å². The first-order valence-electron chi connectivity index (χ1n) is 8.77. The molecule has 4 aromatic rings. The number of hydrogen-bond acceptors (Lipinski definition) is 4. The SMILES string of the molecule is O=C(Cc1cccc2ccccc12)Nc1ccccc1C(=O)Nc1nccs1. The van der Waals surface area contributed by atoms with E-state index in [1.54, 1.807) is 35.8 Å². The zero-order valence-electron chi connectivity index (χ0n) is 14.9. The van der Waals surface area contributed by atoms with Crippen molar-refractivity contribution in [3.05, 3.63) is 89.4 Å². The fourth-order valence-corrected chi connectivity index (χ4v) is 3.58. The lowest BCUT2D eigenvalue weighted by Crippen LogP contribution is -2.19. The van der Waals surface area contributed by atoms with Crippen LogP contribution in [0.4, 0.5) is 10.8 Å². The summed E-state index contributed by atoms with van der Waals surface area (Å²) in [7, 11) is 0. The van der Waals surface area contributed by atoms with E-state index in [-0.39, 0.29) is 18.2 Å². The van der Waals surface area contributed by atoms with Gasteiger partial charge in [0.1, 0.15) is 0 Å². The lowest BCUT2D eigenvalue weighted by molar-refractivity contribution is -0.115. The molecule has 0 aliphatic rings. The monoisotopic (exact) mass is 387 g/mol. The molecule has 0 spiro atoms. The topological polar surface area (TPSA) is 71.1 Å². The number of carbonyl (C=O) groups is 2. The van der Waals surface area contributed by atoms with Crippen molar-refractivity contribution in [3.8, 4) is 0 Å². The second kappa shape index (κ2) is 8.02. The minimum atomic E-state index is -0.309. The molecular formula is C22H17N3O2S. The number of hydrogen-bond donors (Lipinski definition) is 2. The number of thiazole rings is 1. The molecule has 0 saturated heterocycles. The molecule has 0 bridgehead atoms. The van der Waals surface area contributed by atoms with Crippen LogP contribution in [0.1, 0.15) is 15.9 Å². The van der Waals surface area contributed by atoms with Gasteiger partial charge in [-0.25, -0.2) is 4.98 Å². The summed E-state index contributed by atoms with van der Waals surface area (Å²) in [4.78, 5) is 29.3. The number of benzene rings is 3. The molecule has 28 heavy (non-hydrogen) atoms. The number of amides is 2. The number of fused-ring (bicyclic) bond motifs is 1. The van der Waals surface area contributed by atoms with Crippen LogP contribution in [0.5, 0.6) is 0 Å². The first kappa shape index (κ1) is 17.9. The van der Waals surface area contributed by atoms with Gasteiger partial charge in [-0.15, -0.1) is 11.3 Å². The largest absolute Gasteiger partial charge is 0.325 e. The summed E-state index contributed by atoms with van der Waals surface area (Å²) in [6.45, 7) is 0. The van der Waals surface area contributed by atoms with Crippen molar-refractivity contribution >= 4 is 44.7 Å². The third-order valence-electron chi connectivity index (χ3n) is 4.33. The molecule has 0 fully saturated rings. The van der Waals surface area contributed by atoms with Crippen molar-refractivity contribution in [2.75, 3.05) is 10.6 Å². The molecule has 0 unspecified atom stereocenters. The molecule has 0 atom stereocenters. The van der Waals surface area contributed by atoms with Crippen molar-refractivity contribution in [3.63, 3.8) is 0 Å². The summed E-state index contributed by atoms with van der Waals surface area (Å²) in [5, 5.41) is 10.1. The summed E-state index contributed by atoms with van der Waals surface area (Å²) in [6.07, 6.45) is 1.85. The Kier molecular flexibility index (Phi) is 5.12. The molecule has 5 nitrogen and oxygen atoms in total. The molecule has 1 aromatic heterocycles. The highest BCUT2D eigenvalue weighted by atomic mass is 32.1. The van der Waals surface area contributed by atoms with Crippen molar-refractivity contribution < 1.29 is 9.59 Å². The smallest absolute Gasteiger partial charge is 0.259 e. The Bertz CT molecular complexity index is 1130. The summed E-state index contributed by atoms with van der Waals surface area (Å²) >= 11 is 1.34. The zero-order chi connectivity index (χ0) is 19.3. The Labute approximate surface area is 166 Å². The van der Waals surface area contributed by atoms with E-state index in [0.29, 0.717) is 16.4 Å². The van der Waals surface area contributed by atoms with E-state index in [0.717, 1.165) is 16.3 Å². The van der Waals surface area contributed by atoms with Gasteiger partial charge < -0.3 is 5.32 Å². The molecule has 4 rings (SSSR count). The minimum Gasteiger partial charge on any atom is -0.325 e. The second-order valence-electron chi connectivity index (χ2n) is 6.20. The number of nitrogens with one attached hydrogen (secondary N) is 2. The molecule has 3 aromatic carbocycles. The molecule has 1 heterocycles. The predicted octanol–water partition coefficient (Wildman–Crippen LogP) is 4.73. The zero-order valence-corrected chi connectivity index (χ0v) is 15.7. The van der Waals surface area contributed by atoms with Crippen molar-refractivity contribution in [1.82, 2.24) is 4.98 Å². The average molecular weight is 387 g/mol. The summed E-state index contributed by atoms with van der Waals surface area (Å²) in [6, 6.07) is 20.8. The van der Waals surface area contributed by atoms with Gasteiger partial charge in [0.2, 0.25) is 5.91 Å². The van der Waals surface area contributed by atoms with E-state index in [1.165, 1.54) is 11.3 Å². The third kappa shape index (κ3) is 3.92. The maximum absolute atomic E-state index is 12.7. The highest BCUT2D eigenvalue weighted by Gasteiger charge is 2.15. The van der Waals surface area contributed by atoms with Gasteiger partial charge in [-0.1, -0.05) is 54.6 Å². The first-order valence-corrected chi connectivity index (χ1v) is 9.65. The Morgan fingerprint density at radius 2 is 1.68 bits per heavy atom. The molecule has 0 saturated carbocycles. The molecule has 0 aliphatic heterocycles. The number of para-hydroxylation sites is 1. The van der Waals surface area contributed by atoms with Crippen LogP contribution in [0.25, 0.3) is 10.8 Å². The maximum atomic E-state index is 12.7. The standard InChI is InChI=1S/C22H17N3O2S/c26-20(14-16-8-5-7-15-6-1-2-9-17(15)16)24-19-11-4-3-10-18(19)21(27)25-22-23-12-13-28-22/h1-13H,14H2,(H,24,26)(H,23,25,27). The van der Waals surface area contributed by atoms with Gasteiger partial charge in [-0.3, -0.25) is 14.9 Å². The fraction of sp³-hybridized carbons (Fsp3) is 0.0455. The molecule has 2 amide bonds. The molecule has 6 heteroatoms. The summed E-state index contributed by atoms with van der Waals surface area (Å²) in [5.41, 5.74) is 1.81. The number of anilines is 2. The van der Waals surface area contributed by atoms with Crippen LogP contribution in [0, 0.1) is 0 Å². The number of rotatable bonds is 5. The van der Waals surface area contributed by atoms with E-state index in [2.05, 4.69) is 15.6 Å². The first-order chi connectivity index (χ1) is 13.7. The number of aromatic nitrogens is 1. The molecule has 2 N–H and O–H groups in total. The molecule has 0 radical (unpaired) electrons. The van der Waals surface area contributed by atoms with E-state index in [9.17, 15) is 9.59 Å². The Morgan fingerprint density at radius 3 is 2.54 bits per heavy atom. The average Bonchev–Trinajstić information content (AvgIpc) is 3.21. The van der Waals surface area contributed by atoms with Gasteiger partial charge >= 0.3 is 0 Å². The van der Waals surface area contributed by atoms with Gasteiger partial charge in [-0.05, 0) is 28.5 Å². The lowest BCUT2D eigenvalue weighted by atomic mass is 10.0. The minimum absolute atomic E-state index is 0.175. The van der Waals surface area contributed by atoms with Crippen LogP contribution in [-0.2, 0) is 11.2 Å². The summed E-state index contributed by atoms with van der Waals surface area (Å²) < 4.78 is 0. The quantitative estimate of drug-likeness (QED) is 0.520. The third-order valence-corrected chi connectivity index (χ3v) is 5.02. The Hall–Kier alpha value is -3.51. The van der Waals surface area contributed by atoms with Gasteiger partial charge in [0.05, 0.1) is 17.7 Å². The fourth-order valence-electron chi connectivity index (χ4n) is 3.05. The highest BCUT2D eigenvalue weighted by molar-refractivity contribution is 7.13. The van der Waals surface area contributed by atoms with Gasteiger partial charge in [-0.2, -0.15) is 0 Å². The van der Waals surface area contributed by atoms with Gasteiger partial charge in [0.25, 0.3) is 5.91 Å². The summed E-state index contributed by atoms with van der Waals surface area (Å²) in [5.74, 6) is -0.484. The van der Waals surface area contributed by atoms with Gasteiger partial charge in [0, 0.05) is 11.6 Å². The maximum Gasteiger partial charge on any atom is 0.259 e. The van der Waals surface area contributed by atoms with E-state index < -0.39 is 0 Å². The van der Waals surface area contributed by atoms with Crippen molar-refractivity contribution in [1.29, 1.82) is 0 Å². The Morgan fingerprint density at radius 1 is 0.893 bits per heavy atom. The van der Waals surface area contributed by atoms with Gasteiger partial charge in [0.15, 0.2) is 5.13 Å². The number of nitrogens with zero attached hydrogens (tertiary/aromatic N) is 1.